The van der Waals surface area contributed by atoms with E-state index < -0.39 is 0 Å². The van der Waals surface area contributed by atoms with E-state index in [1.54, 1.807) is 23.1 Å². The fourth-order valence-corrected chi connectivity index (χ4v) is 3.39. The third-order valence-electron chi connectivity index (χ3n) is 4.55. The smallest absolute Gasteiger partial charge is 0.229 e. The number of halogens is 2. The number of benzene rings is 2. The maximum Gasteiger partial charge on any atom is 0.229 e. The molecule has 1 saturated heterocycles. The molecule has 6 heteroatoms. The third kappa shape index (κ3) is 3.72. The summed E-state index contributed by atoms with van der Waals surface area (Å²) in [6.45, 7) is 4.40. The van der Waals surface area contributed by atoms with Gasteiger partial charge >= 0.3 is 0 Å². The molecule has 0 saturated carbocycles. The van der Waals surface area contributed by atoms with E-state index in [1.165, 1.54) is 0 Å². The molecule has 0 bridgehead atoms. The summed E-state index contributed by atoms with van der Waals surface area (Å²) in [5.41, 5.74) is 3.70. The van der Waals surface area contributed by atoms with Crippen molar-refractivity contribution in [1.29, 1.82) is 0 Å². The van der Waals surface area contributed by atoms with Gasteiger partial charge in [-0.3, -0.25) is 9.59 Å². The van der Waals surface area contributed by atoms with Crippen LogP contribution in [0.15, 0.2) is 40.9 Å². The Balaban J connectivity index is 1.74. The summed E-state index contributed by atoms with van der Waals surface area (Å²) < 4.78 is 0.768. The van der Waals surface area contributed by atoms with Gasteiger partial charge in [0.25, 0.3) is 0 Å². The molecule has 2 amide bonds. The lowest BCUT2D eigenvalue weighted by Gasteiger charge is -2.20. The first kappa shape index (κ1) is 18.0. The molecule has 1 aliphatic heterocycles. The number of hydrogen-bond donors (Lipinski definition) is 1. The standard InChI is InChI=1S/C19H18BrClN2O2/c1-11-4-3-5-17(12(11)2)23-10-13(8-18(23)24)19(25)22-14-6-7-15(20)16(21)9-14/h3-7,9,13H,8,10H2,1-2H3,(H,22,25)/t13-/m1/s1. The first-order valence-electron chi connectivity index (χ1n) is 7.99. The zero-order valence-electron chi connectivity index (χ0n) is 14.0. The molecule has 0 aromatic heterocycles. The molecule has 0 unspecified atom stereocenters. The van der Waals surface area contributed by atoms with Crippen molar-refractivity contribution in [3.05, 3.63) is 57.0 Å². The first-order chi connectivity index (χ1) is 11.9. The summed E-state index contributed by atoms with van der Waals surface area (Å²) >= 11 is 9.38. The lowest BCUT2D eigenvalue weighted by atomic mass is 10.1. The van der Waals surface area contributed by atoms with Crippen molar-refractivity contribution in [2.45, 2.75) is 20.3 Å². The number of aryl methyl sites for hydroxylation is 1. The largest absolute Gasteiger partial charge is 0.326 e. The highest BCUT2D eigenvalue weighted by Gasteiger charge is 2.35. The van der Waals surface area contributed by atoms with Crippen LogP contribution in [0.5, 0.6) is 0 Å². The lowest BCUT2D eigenvalue weighted by molar-refractivity contribution is -0.122. The first-order valence-corrected chi connectivity index (χ1v) is 9.16. The number of amides is 2. The van der Waals surface area contributed by atoms with Gasteiger partial charge in [0.2, 0.25) is 11.8 Å². The van der Waals surface area contributed by atoms with Crippen LogP contribution < -0.4 is 10.2 Å². The molecule has 0 spiro atoms. The number of nitrogens with zero attached hydrogens (tertiary/aromatic N) is 1. The van der Waals surface area contributed by atoms with Crippen LogP contribution in [-0.2, 0) is 9.59 Å². The Morgan fingerprint density at radius 2 is 2.04 bits per heavy atom. The second-order valence-corrected chi connectivity index (χ2v) is 7.50. The molecule has 1 atom stereocenters. The van der Waals surface area contributed by atoms with E-state index in [-0.39, 0.29) is 24.2 Å². The number of nitrogens with one attached hydrogen (secondary N) is 1. The summed E-state index contributed by atoms with van der Waals surface area (Å²) in [5.74, 6) is -0.572. The third-order valence-corrected chi connectivity index (χ3v) is 5.78. The van der Waals surface area contributed by atoms with Crippen LogP contribution in [0.25, 0.3) is 0 Å². The van der Waals surface area contributed by atoms with E-state index in [0.29, 0.717) is 17.3 Å². The van der Waals surface area contributed by atoms with Gasteiger partial charge in [0.1, 0.15) is 0 Å². The van der Waals surface area contributed by atoms with Gasteiger partial charge in [-0.05, 0) is 65.2 Å². The van der Waals surface area contributed by atoms with E-state index in [9.17, 15) is 9.59 Å². The minimum absolute atomic E-state index is 0.0253. The molecule has 1 fully saturated rings. The van der Waals surface area contributed by atoms with Gasteiger partial charge < -0.3 is 10.2 Å². The molecule has 0 radical (unpaired) electrons. The maximum absolute atomic E-state index is 12.5. The summed E-state index contributed by atoms with van der Waals surface area (Å²) in [6, 6.07) is 11.1. The van der Waals surface area contributed by atoms with Crippen LogP contribution in [-0.4, -0.2) is 18.4 Å². The van der Waals surface area contributed by atoms with E-state index in [2.05, 4.69) is 21.2 Å². The molecule has 25 heavy (non-hydrogen) atoms. The zero-order valence-corrected chi connectivity index (χ0v) is 16.3. The second kappa shape index (κ2) is 7.18. The van der Waals surface area contributed by atoms with Crippen molar-refractivity contribution in [2.24, 2.45) is 5.92 Å². The normalized spacial score (nSPS) is 17.0. The number of carbonyl (C=O) groups is 2. The maximum atomic E-state index is 12.5. The van der Waals surface area contributed by atoms with E-state index in [1.807, 2.05) is 32.0 Å². The van der Waals surface area contributed by atoms with Crippen molar-refractivity contribution >= 4 is 50.7 Å². The van der Waals surface area contributed by atoms with E-state index in [0.717, 1.165) is 21.3 Å². The molecule has 2 aromatic rings. The Bertz CT molecular complexity index is 853. The average molecular weight is 422 g/mol. The van der Waals surface area contributed by atoms with Gasteiger partial charge in [0.05, 0.1) is 10.9 Å². The van der Waals surface area contributed by atoms with Crippen molar-refractivity contribution in [3.63, 3.8) is 0 Å². The monoisotopic (exact) mass is 420 g/mol. The number of carbonyl (C=O) groups excluding carboxylic acids is 2. The fraction of sp³-hybridized carbons (Fsp3) is 0.263. The molecule has 1 heterocycles. The predicted molar refractivity (Wildman–Crippen MR) is 104 cm³/mol. The average Bonchev–Trinajstić information content (AvgIpc) is 2.95. The number of rotatable bonds is 3. The van der Waals surface area contributed by atoms with Crippen LogP contribution in [0, 0.1) is 19.8 Å². The van der Waals surface area contributed by atoms with E-state index in [4.69, 9.17) is 11.6 Å². The van der Waals surface area contributed by atoms with Gasteiger partial charge in [-0.2, -0.15) is 0 Å². The SMILES string of the molecule is Cc1cccc(N2C[C@H](C(=O)Nc3ccc(Br)c(Cl)c3)CC2=O)c1C. The van der Waals surface area contributed by atoms with E-state index >= 15 is 0 Å². The van der Waals surface area contributed by atoms with Gasteiger partial charge in [-0.25, -0.2) is 0 Å². The Morgan fingerprint density at radius 1 is 1.28 bits per heavy atom. The Labute approximate surface area is 160 Å². The molecular weight excluding hydrogens is 404 g/mol. The highest BCUT2D eigenvalue weighted by Crippen LogP contribution is 2.30. The molecular formula is C19H18BrClN2O2. The number of anilines is 2. The van der Waals surface area contributed by atoms with Crippen LogP contribution >= 0.6 is 27.5 Å². The molecule has 2 aromatic carbocycles. The fourth-order valence-electron chi connectivity index (χ4n) is 2.96. The van der Waals surface area contributed by atoms with Crippen LogP contribution in [0.3, 0.4) is 0 Å². The van der Waals surface area contributed by atoms with Crippen molar-refractivity contribution in [3.8, 4) is 0 Å². The number of hydrogen-bond acceptors (Lipinski definition) is 2. The molecule has 130 valence electrons. The van der Waals surface area contributed by atoms with Crippen LogP contribution in [0.1, 0.15) is 17.5 Å². The quantitative estimate of drug-likeness (QED) is 0.780. The minimum atomic E-state index is -0.380. The molecule has 4 nitrogen and oxygen atoms in total. The molecule has 1 N–H and O–H groups in total. The Hall–Kier alpha value is -1.85. The second-order valence-electron chi connectivity index (χ2n) is 6.24. The van der Waals surface area contributed by atoms with Crippen molar-refractivity contribution in [2.75, 3.05) is 16.8 Å². The minimum Gasteiger partial charge on any atom is -0.326 e. The Morgan fingerprint density at radius 3 is 2.76 bits per heavy atom. The topological polar surface area (TPSA) is 49.4 Å². The zero-order chi connectivity index (χ0) is 18.1. The summed E-state index contributed by atoms with van der Waals surface area (Å²) in [7, 11) is 0. The lowest BCUT2D eigenvalue weighted by Crippen LogP contribution is -2.28. The predicted octanol–water partition coefficient (Wildman–Crippen LogP) is 4.71. The van der Waals surface area contributed by atoms with Gasteiger partial charge in [0, 0.05) is 28.8 Å². The summed E-state index contributed by atoms with van der Waals surface area (Å²) in [6.07, 6.45) is 0.212. The van der Waals surface area contributed by atoms with Gasteiger partial charge in [-0.15, -0.1) is 0 Å². The van der Waals surface area contributed by atoms with Gasteiger partial charge in [-0.1, -0.05) is 23.7 Å². The Kier molecular flexibility index (Phi) is 5.16. The van der Waals surface area contributed by atoms with Crippen LogP contribution in [0.4, 0.5) is 11.4 Å². The summed E-state index contributed by atoms with van der Waals surface area (Å²) in [5, 5.41) is 3.37. The molecule has 1 aliphatic rings. The van der Waals surface area contributed by atoms with Gasteiger partial charge in [0.15, 0.2) is 0 Å². The molecule has 0 aliphatic carbocycles. The molecule has 3 rings (SSSR count). The highest BCUT2D eigenvalue weighted by molar-refractivity contribution is 9.10. The van der Waals surface area contributed by atoms with Crippen LogP contribution in [0.2, 0.25) is 5.02 Å². The summed E-state index contributed by atoms with van der Waals surface area (Å²) in [4.78, 5) is 26.7. The van der Waals surface area contributed by atoms with Crippen molar-refractivity contribution in [1.82, 2.24) is 0 Å². The highest BCUT2D eigenvalue weighted by atomic mass is 79.9. The van der Waals surface area contributed by atoms with Crippen molar-refractivity contribution < 1.29 is 9.59 Å².